The molecule has 1 N–H and O–H groups in total. The van der Waals surface area contributed by atoms with Gasteiger partial charge in [-0.15, -0.1) is 5.10 Å². The summed E-state index contributed by atoms with van der Waals surface area (Å²) in [5.74, 6) is 0.228. The summed E-state index contributed by atoms with van der Waals surface area (Å²) >= 11 is 6.09. The smallest absolute Gasteiger partial charge is 0.384 e. The molecule has 5 rings (SSSR count). The van der Waals surface area contributed by atoms with E-state index < -0.39 is 17.2 Å². The van der Waals surface area contributed by atoms with Crippen LogP contribution in [0.1, 0.15) is 78.1 Å². The molecule has 3 aliphatic rings. The summed E-state index contributed by atoms with van der Waals surface area (Å²) in [5.41, 5.74) is -1.80. The van der Waals surface area contributed by atoms with E-state index in [1.165, 1.54) is 0 Å². The molecular weight excluding hydrogens is 543 g/mol. The Morgan fingerprint density at radius 1 is 1.15 bits per heavy atom. The Kier molecular flexibility index (Phi) is 8.07. The standard InChI is InChI=1S/C30H41ClF3N3O3/c1-19-11-12-27(2)20(5-4-6-21-16-29(39,30(32,33)34)14-13-28(19,21)18-40-3)7-9-23(27)26(38)17-37-25-10-8-22(31)15-24(25)35-36-37/h8,10,15,19-21,23,39H,4-7,9,11-14,16-18H2,1-3H3/t19-,20-,21-,23-,27+,28+,29-/m1/s1. The minimum absolute atomic E-state index is 0.103. The average molecular weight is 584 g/mol. The van der Waals surface area contributed by atoms with E-state index in [9.17, 15) is 23.1 Å². The highest BCUT2D eigenvalue weighted by Crippen LogP contribution is 2.60. The third-order valence-electron chi connectivity index (χ3n) is 11.2. The molecule has 1 aromatic heterocycles. The number of aromatic nitrogens is 3. The second kappa shape index (κ2) is 10.8. The van der Waals surface area contributed by atoms with Crippen molar-refractivity contribution < 1.29 is 27.8 Å². The lowest BCUT2D eigenvalue weighted by molar-refractivity contribution is -0.287. The number of nitrogens with zero attached hydrogens (tertiary/aromatic N) is 3. The molecule has 10 heteroatoms. The minimum atomic E-state index is -4.63. The van der Waals surface area contributed by atoms with E-state index in [-0.39, 0.29) is 54.8 Å². The van der Waals surface area contributed by atoms with E-state index in [0.717, 1.165) is 44.0 Å². The van der Waals surface area contributed by atoms with Gasteiger partial charge in [0, 0.05) is 18.1 Å². The van der Waals surface area contributed by atoms with Gasteiger partial charge in [0.25, 0.3) is 0 Å². The highest BCUT2D eigenvalue weighted by molar-refractivity contribution is 6.31. The summed E-state index contributed by atoms with van der Waals surface area (Å²) in [6.45, 7) is 4.94. The fourth-order valence-electron chi connectivity index (χ4n) is 8.69. The van der Waals surface area contributed by atoms with Crippen molar-refractivity contribution in [2.24, 2.45) is 34.5 Å². The van der Waals surface area contributed by atoms with E-state index in [1.807, 2.05) is 6.07 Å². The number of benzene rings is 1. The molecular formula is C30H41ClF3N3O3. The molecule has 2 aromatic rings. The molecule has 3 saturated carbocycles. The Labute approximate surface area is 239 Å². The number of halogens is 4. The van der Waals surface area contributed by atoms with Crippen LogP contribution in [0.3, 0.4) is 0 Å². The summed E-state index contributed by atoms with van der Waals surface area (Å²) in [4.78, 5) is 13.8. The van der Waals surface area contributed by atoms with Crippen molar-refractivity contribution >= 4 is 28.4 Å². The summed E-state index contributed by atoms with van der Waals surface area (Å²) in [6.07, 6.45) is 0.793. The highest BCUT2D eigenvalue weighted by atomic mass is 35.5. The largest absolute Gasteiger partial charge is 0.417 e. The molecule has 0 aliphatic heterocycles. The molecule has 0 amide bonds. The zero-order chi connectivity index (χ0) is 28.9. The quantitative estimate of drug-likeness (QED) is 0.409. The third-order valence-corrected chi connectivity index (χ3v) is 11.5. The number of rotatable bonds is 5. The Balaban J connectivity index is 1.37. The number of hydrogen-bond acceptors (Lipinski definition) is 5. The van der Waals surface area contributed by atoms with Gasteiger partial charge in [-0.2, -0.15) is 13.2 Å². The zero-order valence-corrected chi connectivity index (χ0v) is 24.4. The maximum Gasteiger partial charge on any atom is 0.417 e. The fraction of sp³-hybridized carbons (Fsp3) is 0.767. The lowest BCUT2D eigenvalue weighted by Crippen LogP contribution is -2.56. The average Bonchev–Trinajstić information content (AvgIpc) is 3.43. The number of carbonyl (C=O) groups is 1. The van der Waals surface area contributed by atoms with Gasteiger partial charge < -0.3 is 9.84 Å². The van der Waals surface area contributed by atoms with Crippen molar-refractivity contribution in [3.8, 4) is 0 Å². The van der Waals surface area contributed by atoms with Crippen molar-refractivity contribution in [3.05, 3.63) is 23.2 Å². The fourth-order valence-corrected chi connectivity index (χ4v) is 8.86. The summed E-state index contributed by atoms with van der Waals surface area (Å²) in [7, 11) is 1.62. The Morgan fingerprint density at radius 3 is 2.62 bits per heavy atom. The molecule has 222 valence electrons. The van der Waals surface area contributed by atoms with Gasteiger partial charge in [0.2, 0.25) is 0 Å². The number of Topliss-reactive ketones (excluding diaryl/α,β-unsaturated/α-hetero) is 1. The molecule has 1 aromatic carbocycles. The number of methoxy groups -OCH3 is 1. The number of alkyl halides is 3. The van der Waals surface area contributed by atoms with Crippen LogP contribution in [0.5, 0.6) is 0 Å². The van der Waals surface area contributed by atoms with Gasteiger partial charge in [-0.05, 0) is 105 Å². The number of ether oxygens (including phenoxy) is 1. The maximum atomic E-state index is 13.9. The van der Waals surface area contributed by atoms with E-state index in [1.54, 1.807) is 23.9 Å². The Morgan fingerprint density at radius 2 is 1.90 bits per heavy atom. The first-order valence-electron chi connectivity index (χ1n) is 14.6. The van der Waals surface area contributed by atoms with Crippen molar-refractivity contribution in [1.82, 2.24) is 15.0 Å². The molecule has 0 unspecified atom stereocenters. The first-order chi connectivity index (χ1) is 18.8. The molecule has 3 aliphatic carbocycles. The van der Waals surface area contributed by atoms with Gasteiger partial charge in [-0.25, -0.2) is 4.68 Å². The van der Waals surface area contributed by atoms with Crippen LogP contribution in [0.2, 0.25) is 5.02 Å². The van der Waals surface area contributed by atoms with Gasteiger partial charge in [0.05, 0.1) is 12.1 Å². The predicted molar refractivity (Wildman–Crippen MR) is 147 cm³/mol. The monoisotopic (exact) mass is 583 g/mol. The lowest BCUT2D eigenvalue weighted by Gasteiger charge is -2.54. The van der Waals surface area contributed by atoms with Crippen LogP contribution >= 0.6 is 11.6 Å². The summed E-state index contributed by atoms with van der Waals surface area (Å²) < 4.78 is 49.0. The summed E-state index contributed by atoms with van der Waals surface area (Å²) in [6, 6.07) is 5.35. The van der Waals surface area contributed by atoms with Crippen LogP contribution < -0.4 is 0 Å². The minimum Gasteiger partial charge on any atom is -0.384 e. The van der Waals surface area contributed by atoms with Crippen molar-refractivity contribution in [2.75, 3.05) is 13.7 Å². The SMILES string of the molecule is COC[C@]12CC[C@](O)(C(F)(F)F)C[C@H]1CCC[C@@H]1CC[C@H](C(=O)Cn3nnc4cc(Cl)ccc43)[C@@]1(C)CC[C@H]2C. The number of fused-ring (bicyclic) bond motifs is 3. The number of carbonyl (C=O) groups excluding carboxylic acids is 1. The number of ketones is 1. The van der Waals surface area contributed by atoms with Crippen LogP contribution in [0.25, 0.3) is 11.0 Å². The molecule has 0 saturated heterocycles. The summed E-state index contributed by atoms with van der Waals surface area (Å²) in [5, 5.41) is 19.6. The second-order valence-corrected chi connectivity index (χ2v) is 13.6. The van der Waals surface area contributed by atoms with Gasteiger partial charge in [-0.1, -0.05) is 37.1 Å². The Hall–Kier alpha value is -1.71. The van der Waals surface area contributed by atoms with Gasteiger partial charge >= 0.3 is 6.18 Å². The van der Waals surface area contributed by atoms with E-state index >= 15 is 0 Å². The molecule has 0 bridgehead atoms. The predicted octanol–water partition coefficient (Wildman–Crippen LogP) is 7.01. The first kappa shape index (κ1) is 29.8. The van der Waals surface area contributed by atoms with E-state index in [2.05, 4.69) is 24.2 Å². The third kappa shape index (κ3) is 5.08. The highest BCUT2D eigenvalue weighted by Gasteiger charge is 2.61. The maximum absolute atomic E-state index is 13.9. The first-order valence-corrected chi connectivity index (χ1v) is 15.0. The van der Waals surface area contributed by atoms with Crippen LogP contribution in [-0.2, 0) is 16.1 Å². The topological polar surface area (TPSA) is 77.2 Å². The number of aliphatic hydroxyl groups is 1. The molecule has 40 heavy (non-hydrogen) atoms. The Bertz CT molecular complexity index is 1240. The van der Waals surface area contributed by atoms with Gasteiger partial charge in [0.1, 0.15) is 12.1 Å². The normalized spacial score (nSPS) is 37.2. The van der Waals surface area contributed by atoms with Crippen LogP contribution in [0.15, 0.2) is 18.2 Å². The van der Waals surface area contributed by atoms with Gasteiger partial charge in [-0.3, -0.25) is 4.79 Å². The van der Waals surface area contributed by atoms with Crippen molar-refractivity contribution in [2.45, 2.75) is 96.4 Å². The van der Waals surface area contributed by atoms with E-state index in [4.69, 9.17) is 16.3 Å². The second-order valence-electron chi connectivity index (χ2n) is 13.1. The van der Waals surface area contributed by atoms with Crippen molar-refractivity contribution in [3.63, 3.8) is 0 Å². The van der Waals surface area contributed by atoms with Crippen LogP contribution in [-0.4, -0.2) is 51.4 Å². The molecule has 0 radical (unpaired) electrons. The molecule has 7 atom stereocenters. The van der Waals surface area contributed by atoms with Crippen LogP contribution in [0, 0.1) is 34.5 Å². The lowest BCUT2D eigenvalue weighted by atomic mass is 9.53. The van der Waals surface area contributed by atoms with Gasteiger partial charge in [0.15, 0.2) is 11.4 Å². The number of hydrogen-bond donors (Lipinski definition) is 1. The molecule has 0 spiro atoms. The van der Waals surface area contributed by atoms with Crippen LogP contribution in [0.4, 0.5) is 13.2 Å². The van der Waals surface area contributed by atoms with Crippen molar-refractivity contribution in [1.29, 1.82) is 0 Å². The zero-order valence-electron chi connectivity index (χ0n) is 23.6. The molecule has 6 nitrogen and oxygen atoms in total. The molecule has 3 fully saturated rings. The van der Waals surface area contributed by atoms with E-state index in [0.29, 0.717) is 29.5 Å². The molecule has 1 heterocycles.